The van der Waals surface area contributed by atoms with Crippen LogP contribution in [-0.2, 0) is 0 Å². The molecule has 0 aromatic rings. The number of hydrogen-bond acceptors (Lipinski definition) is 3. The van der Waals surface area contributed by atoms with Gasteiger partial charge in [0, 0.05) is 26.2 Å². The summed E-state index contributed by atoms with van der Waals surface area (Å²) in [4.78, 5) is 2.55. The van der Waals surface area contributed by atoms with E-state index >= 15 is 0 Å². The predicted octanol–water partition coefficient (Wildman–Crippen LogP) is 0.908. The van der Waals surface area contributed by atoms with E-state index in [1.54, 1.807) is 5.37 Å². The summed E-state index contributed by atoms with van der Waals surface area (Å²) >= 11 is 2.06. The lowest BCUT2D eigenvalue weighted by molar-refractivity contribution is 0.274. The predicted molar refractivity (Wildman–Crippen MR) is 49.4 cm³/mol. The number of nitrogens with zero attached hydrogens (tertiary/aromatic N) is 1. The Hall–Kier alpha value is 0.270. The SMILES string of the molecule is C1CS[C](N2CCNCC2)C1. The molecule has 2 aliphatic heterocycles. The van der Waals surface area contributed by atoms with Gasteiger partial charge in [0.15, 0.2) is 0 Å². The van der Waals surface area contributed by atoms with Crippen LogP contribution >= 0.6 is 11.8 Å². The Balaban J connectivity index is 1.82. The molecule has 2 aliphatic rings. The van der Waals surface area contributed by atoms with Gasteiger partial charge < -0.3 is 5.32 Å². The van der Waals surface area contributed by atoms with E-state index in [1.165, 1.54) is 44.8 Å². The van der Waals surface area contributed by atoms with E-state index in [2.05, 4.69) is 22.0 Å². The maximum Gasteiger partial charge on any atom is 0.0951 e. The number of hydrogen-bond donors (Lipinski definition) is 1. The maximum atomic E-state index is 3.37. The Morgan fingerprint density at radius 1 is 1.27 bits per heavy atom. The quantitative estimate of drug-likeness (QED) is 0.631. The third kappa shape index (κ3) is 1.89. The lowest BCUT2D eigenvalue weighted by Gasteiger charge is -2.30. The first-order valence-corrected chi connectivity index (χ1v) is 5.40. The summed E-state index contributed by atoms with van der Waals surface area (Å²) in [6.07, 6.45) is 2.73. The highest BCUT2D eigenvalue weighted by atomic mass is 32.2. The van der Waals surface area contributed by atoms with Crippen molar-refractivity contribution in [2.45, 2.75) is 12.8 Å². The van der Waals surface area contributed by atoms with E-state index in [4.69, 9.17) is 0 Å². The van der Waals surface area contributed by atoms with Gasteiger partial charge in [-0.05, 0) is 18.6 Å². The monoisotopic (exact) mass is 171 g/mol. The molecule has 1 N–H and O–H groups in total. The molecular formula is C8H15N2S. The van der Waals surface area contributed by atoms with Gasteiger partial charge in [-0.1, -0.05) is 0 Å². The zero-order valence-corrected chi connectivity index (χ0v) is 7.62. The van der Waals surface area contributed by atoms with Crippen molar-refractivity contribution < 1.29 is 0 Å². The van der Waals surface area contributed by atoms with E-state index in [1.807, 2.05) is 0 Å². The second-order valence-electron chi connectivity index (χ2n) is 3.08. The summed E-state index contributed by atoms with van der Waals surface area (Å²) in [6, 6.07) is 0. The van der Waals surface area contributed by atoms with Gasteiger partial charge in [0.2, 0.25) is 0 Å². The molecule has 0 aromatic carbocycles. The number of rotatable bonds is 1. The van der Waals surface area contributed by atoms with Gasteiger partial charge in [0.1, 0.15) is 0 Å². The molecule has 2 fully saturated rings. The van der Waals surface area contributed by atoms with Gasteiger partial charge in [-0.15, -0.1) is 11.8 Å². The standard InChI is InChI=1S/C8H15N2S/c1-2-8(11-7-1)10-5-3-9-4-6-10/h9H,1-7H2. The van der Waals surface area contributed by atoms with Gasteiger partial charge >= 0.3 is 0 Å². The molecule has 0 unspecified atom stereocenters. The van der Waals surface area contributed by atoms with Gasteiger partial charge in [-0.25, -0.2) is 0 Å². The van der Waals surface area contributed by atoms with Crippen LogP contribution in [0, 0.1) is 5.37 Å². The molecular weight excluding hydrogens is 156 g/mol. The first-order valence-electron chi connectivity index (χ1n) is 4.41. The fourth-order valence-electron chi connectivity index (χ4n) is 1.65. The molecule has 0 spiro atoms. The molecule has 1 radical (unpaired) electrons. The Bertz CT molecular complexity index is 117. The van der Waals surface area contributed by atoms with Crippen LogP contribution in [0.3, 0.4) is 0 Å². The average Bonchev–Trinajstić information content (AvgIpc) is 2.58. The fraction of sp³-hybridized carbons (Fsp3) is 0.875. The molecule has 0 amide bonds. The minimum absolute atomic E-state index is 1.17. The number of piperazine rings is 1. The van der Waals surface area contributed by atoms with Crippen LogP contribution in [0.2, 0.25) is 0 Å². The highest BCUT2D eigenvalue weighted by Gasteiger charge is 2.24. The van der Waals surface area contributed by atoms with Crippen molar-refractivity contribution in [2.24, 2.45) is 0 Å². The largest absolute Gasteiger partial charge is 0.314 e. The van der Waals surface area contributed by atoms with Gasteiger partial charge in [-0.3, -0.25) is 4.90 Å². The first kappa shape index (κ1) is 7.90. The van der Waals surface area contributed by atoms with Crippen molar-refractivity contribution in [3.05, 3.63) is 5.37 Å². The van der Waals surface area contributed by atoms with Gasteiger partial charge in [0.05, 0.1) is 5.37 Å². The summed E-state index contributed by atoms with van der Waals surface area (Å²) < 4.78 is 0. The summed E-state index contributed by atoms with van der Waals surface area (Å²) in [5, 5.41) is 5.02. The fourth-order valence-corrected chi connectivity index (χ4v) is 2.83. The average molecular weight is 171 g/mol. The maximum absolute atomic E-state index is 3.37. The van der Waals surface area contributed by atoms with Crippen LogP contribution in [0.5, 0.6) is 0 Å². The van der Waals surface area contributed by atoms with E-state index in [0.29, 0.717) is 0 Å². The summed E-state index contributed by atoms with van der Waals surface area (Å²) in [5.74, 6) is 1.35. The minimum Gasteiger partial charge on any atom is -0.314 e. The van der Waals surface area contributed by atoms with Crippen molar-refractivity contribution in [2.75, 3.05) is 31.9 Å². The van der Waals surface area contributed by atoms with Crippen molar-refractivity contribution in [1.29, 1.82) is 0 Å². The molecule has 0 aromatic heterocycles. The highest BCUT2D eigenvalue weighted by Crippen LogP contribution is 2.35. The number of thioether (sulfide) groups is 1. The minimum atomic E-state index is 1.17. The molecule has 0 saturated carbocycles. The number of nitrogens with one attached hydrogen (secondary N) is 1. The molecule has 0 aliphatic carbocycles. The zero-order chi connectivity index (χ0) is 7.52. The Morgan fingerprint density at radius 2 is 2.09 bits per heavy atom. The molecule has 0 bridgehead atoms. The van der Waals surface area contributed by atoms with Gasteiger partial charge in [-0.2, -0.15) is 0 Å². The van der Waals surface area contributed by atoms with Crippen LogP contribution in [0.1, 0.15) is 12.8 Å². The normalized spacial score (nSPS) is 29.5. The third-order valence-corrected chi connectivity index (χ3v) is 3.56. The lowest BCUT2D eigenvalue weighted by atomic mass is 10.3. The summed E-state index contributed by atoms with van der Waals surface area (Å²) in [6.45, 7) is 4.79. The first-order chi connectivity index (χ1) is 5.47. The highest BCUT2D eigenvalue weighted by molar-refractivity contribution is 8.02. The molecule has 2 heterocycles. The topological polar surface area (TPSA) is 15.3 Å². The van der Waals surface area contributed by atoms with Crippen LogP contribution in [0.15, 0.2) is 0 Å². The second-order valence-corrected chi connectivity index (χ2v) is 4.25. The van der Waals surface area contributed by atoms with E-state index < -0.39 is 0 Å². The summed E-state index contributed by atoms with van der Waals surface area (Å²) in [7, 11) is 0. The van der Waals surface area contributed by atoms with Gasteiger partial charge in [0.25, 0.3) is 0 Å². The molecule has 11 heavy (non-hydrogen) atoms. The van der Waals surface area contributed by atoms with Crippen LogP contribution in [-0.4, -0.2) is 36.8 Å². The van der Waals surface area contributed by atoms with Crippen LogP contribution in [0.25, 0.3) is 0 Å². The van der Waals surface area contributed by atoms with Crippen LogP contribution in [0.4, 0.5) is 0 Å². The van der Waals surface area contributed by atoms with Crippen molar-refractivity contribution in [3.8, 4) is 0 Å². The summed E-state index contributed by atoms with van der Waals surface area (Å²) in [5.41, 5.74) is 0. The van der Waals surface area contributed by atoms with Crippen molar-refractivity contribution in [1.82, 2.24) is 10.2 Å². The third-order valence-electron chi connectivity index (χ3n) is 2.27. The molecule has 0 atom stereocenters. The second kappa shape index (κ2) is 3.78. The molecule has 3 heteroatoms. The molecule has 2 nitrogen and oxygen atoms in total. The lowest BCUT2D eigenvalue weighted by Crippen LogP contribution is -2.43. The Morgan fingerprint density at radius 3 is 2.73 bits per heavy atom. The Labute approximate surface area is 72.7 Å². The smallest absolute Gasteiger partial charge is 0.0951 e. The zero-order valence-electron chi connectivity index (χ0n) is 6.81. The van der Waals surface area contributed by atoms with E-state index in [9.17, 15) is 0 Å². The Kier molecular flexibility index (Phi) is 2.72. The van der Waals surface area contributed by atoms with Crippen LogP contribution < -0.4 is 5.32 Å². The van der Waals surface area contributed by atoms with E-state index in [-0.39, 0.29) is 0 Å². The van der Waals surface area contributed by atoms with Crippen molar-refractivity contribution >= 4 is 11.8 Å². The molecule has 2 rings (SSSR count). The molecule has 63 valence electrons. The van der Waals surface area contributed by atoms with E-state index in [0.717, 1.165) is 0 Å². The van der Waals surface area contributed by atoms with Crippen molar-refractivity contribution in [3.63, 3.8) is 0 Å². The molecule has 2 saturated heterocycles.